The van der Waals surface area contributed by atoms with Gasteiger partial charge >= 0.3 is 0 Å². The SMILES string of the molecule is C=CCn1nc(C(=O)N2CCCCCC2)c2c1CC[C@H](NCCC(C)C)C2. The third-order valence-electron chi connectivity index (χ3n) is 5.90. The van der Waals surface area contributed by atoms with Gasteiger partial charge in [0.25, 0.3) is 5.91 Å². The molecule has 2 aliphatic rings. The van der Waals surface area contributed by atoms with E-state index in [-0.39, 0.29) is 5.91 Å². The quantitative estimate of drug-likeness (QED) is 0.744. The van der Waals surface area contributed by atoms with Crippen LogP contribution < -0.4 is 5.32 Å². The second-order valence-corrected chi connectivity index (χ2v) is 8.53. The predicted octanol–water partition coefficient (Wildman–Crippen LogP) is 3.58. The molecule has 1 aliphatic heterocycles. The van der Waals surface area contributed by atoms with Crippen molar-refractivity contribution in [3.05, 3.63) is 29.6 Å². The Balaban J connectivity index is 1.78. The van der Waals surface area contributed by atoms with E-state index < -0.39 is 0 Å². The van der Waals surface area contributed by atoms with Gasteiger partial charge in [-0.1, -0.05) is 32.8 Å². The molecule has 1 fully saturated rings. The molecule has 2 heterocycles. The zero-order valence-electron chi connectivity index (χ0n) is 17.2. The minimum Gasteiger partial charge on any atom is -0.337 e. The minimum absolute atomic E-state index is 0.138. The van der Waals surface area contributed by atoms with Gasteiger partial charge in [-0.2, -0.15) is 5.10 Å². The van der Waals surface area contributed by atoms with Gasteiger partial charge in [0.05, 0.1) is 6.54 Å². The third kappa shape index (κ3) is 5.01. The lowest BCUT2D eigenvalue weighted by Gasteiger charge is -2.26. The number of fused-ring (bicyclic) bond motifs is 1. The predicted molar refractivity (Wildman–Crippen MR) is 110 cm³/mol. The lowest BCUT2D eigenvalue weighted by atomic mass is 9.90. The maximum atomic E-state index is 13.3. The molecule has 0 spiro atoms. The topological polar surface area (TPSA) is 50.2 Å². The molecule has 1 amide bonds. The van der Waals surface area contributed by atoms with Crippen LogP contribution in [0.2, 0.25) is 0 Å². The van der Waals surface area contributed by atoms with Crippen molar-refractivity contribution in [1.29, 1.82) is 0 Å². The van der Waals surface area contributed by atoms with E-state index in [1.54, 1.807) is 0 Å². The van der Waals surface area contributed by atoms with Crippen LogP contribution in [-0.2, 0) is 19.4 Å². The van der Waals surface area contributed by atoms with Crippen molar-refractivity contribution < 1.29 is 4.79 Å². The first-order valence-electron chi connectivity index (χ1n) is 10.8. The van der Waals surface area contributed by atoms with Crippen LogP contribution in [-0.4, -0.2) is 46.3 Å². The maximum absolute atomic E-state index is 13.3. The third-order valence-corrected chi connectivity index (χ3v) is 5.90. The number of aromatic nitrogens is 2. The van der Waals surface area contributed by atoms with Crippen molar-refractivity contribution in [2.45, 2.75) is 77.8 Å². The molecule has 5 heteroatoms. The molecule has 1 aliphatic carbocycles. The molecule has 0 aromatic carbocycles. The summed E-state index contributed by atoms with van der Waals surface area (Å²) in [6, 6.07) is 0.452. The molecule has 150 valence electrons. The molecule has 1 atom stereocenters. The van der Waals surface area contributed by atoms with E-state index in [1.165, 1.54) is 30.5 Å². The summed E-state index contributed by atoms with van der Waals surface area (Å²) in [6.07, 6.45) is 10.8. The fourth-order valence-corrected chi connectivity index (χ4v) is 4.31. The number of allylic oxidation sites excluding steroid dienone is 1. The van der Waals surface area contributed by atoms with Crippen LogP contribution >= 0.6 is 0 Å². The van der Waals surface area contributed by atoms with Crippen LogP contribution in [0, 0.1) is 5.92 Å². The highest BCUT2D eigenvalue weighted by Gasteiger charge is 2.31. The summed E-state index contributed by atoms with van der Waals surface area (Å²) in [7, 11) is 0. The standard InChI is InChI=1S/C22H36N4O/c1-4-13-26-20-10-9-18(23-12-11-17(2)3)16-19(20)21(24-26)22(27)25-14-7-5-6-8-15-25/h4,17-18,23H,1,5-16H2,2-3H3/t18-/m0/s1. The van der Waals surface area contributed by atoms with E-state index in [0.29, 0.717) is 24.2 Å². The van der Waals surface area contributed by atoms with E-state index in [4.69, 9.17) is 5.10 Å². The number of hydrogen-bond acceptors (Lipinski definition) is 3. The number of rotatable bonds is 7. The van der Waals surface area contributed by atoms with Crippen molar-refractivity contribution in [2.24, 2.45) is 5.92 Å². The summed E-state index contributed by atoms with van der Waals surface area (Å²) in [5.41, 5.74) is 3.12. The summed E-state index contributed by atoms with van der Waals surface area (Å²) >= 11 is 0. The fraction of sp³-hybridized carbons (Fsp3) is 0.727. The Kier molecular flexibility index (Phi) is 7.11. The molecule has 0 saturated carbocycles. The van der Waals surface area contributed by atoms with E-state index in [2.05, 4.69) is 25.7 Å². The van der Waals surface area contributed by atoms with Crippen LogP contribution in [0.3, 0.4) is 0 Å². The first-order chi connectivity index (χ1) is 13.1. The van der Waals surface area contributed by atoms with Crippen molar-refractivity contribution in [1.82, 2.24) is 20.0 Å². The van der Waals surface area contributed by atoms with Crippen molar-refractivity contribution in [3.8, 4) is 0 Å². The van der Waals surface area contributed by atoms with E-state index in [0.717, 1.165) is 51.7 Å². The zero-order chi connectivity index (χ0) is 19.2. The van der Waals surface area contributed by atoms with Crippen molar-refractivity contribution >= 4 is 5.91 Å². The van der Waals surface area contributed by atoms with Gasteiger partial charge in [0.1, 0.15) is 0 Å². The first kappa shape index (κ1) is 20.1. The molecule has 0 radical (unpaired) electrons. The Morgan fingerprint density at radius 2 is 2.04 bits per heavy atom. The number of carbonyl (C=O) groups is 1. The molecule has 3 rings (SSSR count). The fourth-order valence-electron chi connectivity index (χ4n) is 4.31. The van der Waals surface area contributed by atoms with Crippen LogP contribution in [0.4, 0.5) is 0 Å². The molecule has 5 nitrogen and oxygen atoms in total. The first-order valence-corrected chi connectivity index (χ1v) is 10.8. The van der Waals surface area contributed by atoms with Crippen LogP contribution in [0.1, 0.15) is 74.1 Å². The molecule has 1 saturated heterocycles. The van der Waals surface area contributed by atoms with Gasteiger partial charge in [-0.3, -0.25) is 9.48 Å². The van der Waals surface area contributed by atoms with Gasteiger partial charge in [0.15, 0.2) is 5.69 Å². The van der Waals surface area contributed by atoms with Gasteiger partial charge < -0.3 is 10.2 Å². The summed E-state index contributed by atoms with van der Waals surface area (Å²) in [6.45, 7) is 11.9. The molecular formula is C22H36N4O. The van der Waals surface area contributed by atoms with Crippen LogP contribution in [0.15, 0.2) is 12.7 Å². The average molecular weight is 373 g/mol. The normalized spacial score (nSPS) is 20.4. The summed E-state index contributed by atoms with van der Waals surface area (Å²) in [5, 5.41) is 8.47. The molecule has 0 bridgehead atoms. The van der Waals surface area contributed by atoms with E-state index in [1.807, 2.05) is 15.7 Å². The monoisotopic (exact) mass is 372 g/mol. The highest BCUT2D eigenvalue weighted by Crippen LogP contribution is 2.27. The molecular weight excluding hydrogens is 336 g/mol. The summed E-state index contributed by atoms with van der Waals surface area (Å²) < 4.78 is 2.01. The van der Waals surface area contributed by atoms with Gasteiger partial charge in [-0.05, 0) is 51.0 Å². The van der Waals surface area contributed by atoms with Crippen molar-refractivity contribution in [2.75, 3.05) is 19.6 Å². The Hall–Kier alpha value is -1.62. The molecule has 27 heavy (non-hydrogen) atoms. The lowest BCUT2D eigenvalue weighted by Crippen LogP contribution is -2.37. The molecule has 1 aromatic rings. The Labute approximate surface area is 164 Å². The number of nitrogens with zero attached hydrogens (tertiary/aromatic N) is 3. The average Bonchev–Trinajstić information content (AvgIpc) is 2.83. The van der Waals surface area contributed by atoms with Crippen LogP contribution in [0.5, 0.6) is 0 Å². The van der Waals surface area contributed by atoms with Gasteiger partial charge in [0, 0.05) is 30.4 Å². The van der Waals surface area contributed by atoms with Crippen molar-refractivity contribution in [3.63, 3.8) is 0 Å². The summed E-state index contributed by atoms with van der Waals surface area (Å²) in [5.74, 6) is 0.853. The van der Waals surface area contributed by atoms with Gasteiger partial charge in [0.2, 0.25) is 0 Å². The number of likely N-dealkylation sites (tertiary alicyclic amines) is 1. The Morgan fingerprint density at radius 1 is 1.30 bits per heavy atom. The molecule has 1 aromatic heterocycles. The largest absolute Gasteiger partial charge is 0.337 e. The van der Waals surface area contributed by atoms with Crippen LogP contribution in [0.25, 0.3) is 0 Å². The van der Waals surface area contributed by atoms with E-state index >= 15 is 0 Å². The molecule has 1 N–H and O–H groups in total. The number of nitrogens with one attached hydrogen (secondary N) is 1. The van der Waals surface area contributed by atoms with E-state index in [9.17, 15) is 4.79 Å². The zero-order valence-corrected chi connectivity index (χ0v) is 17.2. The van der Waals surface area contributed by atoms with Gasteiger partial charge in [-0.25, -0.2) is 0 Å². The second kappa shape index (κ2) is 9.54. The maximum Gasteiger partial charge on any atom is 0.274 e. The Bertz CT molecular complexity index is 641. The van der Waals surface area contributed by atoms with Gasteiger partial charge in [-0.15, -0.1) is 6.58 Å². The minimum atomic E-state index is 0.138. The highest BCUT2D eigenvalue weighted by molar-refractivity contribution is 5.94. The smallest absolute Gasteiger partial charge is 0.274 e. The highest BCUT2D eigenvalue weighted by atomic mass is 16.2. The number of amides is 1. The molecule has 0 unspecified atom stereocenters. The number of hydrogen-bond donors (Lipinski definition) is 1. The second-order valence-electron chi connectivity index (χ2n) is 8.53. The summed E-state index contributed by atoms with van der Waals surface area (Å²) in [4.78, 5) is 15.3. The lowest BCUT2D eigenvalue weighted by molar-refractivity contribution is 0.0753. The number of carbonyl (C=O) groups excluding carboxylic acids is 1. The Morgan fingerprint density at radius 3 is 2.70 bits per heavy atom.